The molecule has 4 aromatic carbocycles. The maximum absolute atomic E-state index is 4.76. The molecule has 9 heterocycles. The van der Waals surface area contributed by atoms with Crippen LogP contribution in [0.15, 0.2) is 166 Å². The zero-order chi connectivity index (χ0) is 45.7. The molecule has 69 heavy (non-hydrogen) atoms. The van der Waals surface area contributed by atoms with E-state index >= 15 is 0 Å². The molecule has 18 heteroatoms. The van der Waals surface area contributed by atoms with Gasteiger partial charge in [0, 0.05) is 162 Å². The van der Waals surface area contributed by atoms with Crippen molar-refractivity contribution in [1.82, 2.24) is 89.7 Å². The van der Waals surface area contributed by atoms with Gasteiger partial charge in [-0.2, -0.15) is 0 Å². The number of nitrogens with one attached hydrogen (secondary N) is 9. The zero-order valence-corrected chi connectivity index (χ0v) is 36.1. The fourth-order valence-corrected chi connectivity index (χ4v) is 9.12. The number of rotatable bonds is 12. The van der Waals surface area contributed by atoms with E-state index < -0.39 is 0 Å². The van der Waals surface area contributed by atoms with Crippen molar-refractivity contribution in [2.45, 2.75) is 0 Å². The van der Waals surface area contributed by atoms with Crippen LogP contribution >= 0.6 is 0 Å². The number of nitrogens with zero attached hydrogens (tertiary/aromatic N) is 9. The highest BCUT2D eigenvalue weighted by molar-refractivity contribution is 5.98. The average Bonchev–Trinajstić information content (AvgIpc) is 4.25. The summed E-state index contributed by atoms with van der Waals surface area (Å²) >= 11 is 0. The van der Waals surface area contributed by atoms with Crippen molar-refractivity contribution in [1.29, 1.82) is 0 Å². The molecule has 9 aromatic heterocycles. The second-order valence-corrected chi connectivity index (χ2v) is 16.1. The van der Waals surface area contributed by atoms with Crippen LogP contribution in [0.3, 0.4) is 0 Å². The van der Waals surface area contributed by atoms with Crippen molar-refractivity contribution in [2.75, 3.05) is 0 Å². The van der Waals surface area contributed by atoms with Gasteiger partial charge in [-0.25, -0.2) is 44.9 Å². The first-order valence-corrected chi connectivity index (χ1v) is 21.9. The highest BCUT2D eigenvalue weighted by atomic mass is 15.0. The lowest BCUT2D eigenvalue weighted by molar-refractivity contribution is 1.25. The Morgan fingerprint density at radius 2 is 0.348 bits per heavy atom. The molecule has 0 aliphatic rings. The summed E-state index contributed by atoms with van der Waals surface area (Å²) in [5.74, 6) is 6.06. The molecule has 330 valence electrons. The molecule has 0 saturated carbocycles. The Labute approximate surface area is 390 Å². The molecule has 13 rings (SSSR count). The van der Waals surface area contributed by atoms with Crippen molar-refractivity contribution < 1.29 is 0 Å². The van der Waals surface area contributed by atoms with Crippen molar-refractivity contribution in [2.24, 2.45) is 0 Å². The van der Waals surface area contributed by atoms with Gasteiger partial charge in [0.2, 0.25) is 0 Å². The molecule has 0 atom stereocenters. The Morgan fingerprint density at radius 1 is 0.188 bits per heavy atom. The van der Waals surface area contributed by atoms with Crippen LogP contribution in [0.25, 0.3) is 136 Å². The average molecular weight is 901 g/mol. The summed E-state index contributed by atoms with van der Waals surface area (Å²) in [6, 6.07) is 19.5. The summed E-state index contributed by atoms with van der Waals surface area (Å²) in [5.41, 5.74) is 12.9. The van der Waals surface area contributed by atoms with E-state index in [0.717, 1.165) is 83.5 Å². The molecule has 13 aromatic rings. The van der Waals surface area contributed by atoms with Crippen LogP contribution in [0.5, 0.6) is 0 Å². The Bertz CT molecular complexity index is 3210. The number of H-pyrrole nitrogens is 9. The summed E-state index contributed by atoms with van der Waals surface area (Å²) in [4.78, 5) is 72.9. The largest absolute Gasteiger partial charge is 0.345 e. The van der Waals surface area contributed by atoms with Gasteiger partial charge in [0.15, 0.2) is 0 Å². The SMILES string of the molecule is c1c[nH]c(-c2cc(-c3cc(-c4cc(-c5ncc[nH]5)c(-c5ncc[nH]5)c(-c5ncc[nH]5)c4)cc(-c4cc(-c5ncc[nH]5)c(-c5ncc[nH]5)c(-c5ncc[nH]5)c4)c3)cc(-c3ncc[nH]3)c2-c2ncc[nH]2)n1. The highest BCUT2D eigenvalue weighted by Gasteiger charge is 2.26. The Kier molecular flexibility index (Phi) is 9.27. The van der Waals surface area contributed by atoms with Crippen LogP contribution in [-0.2, 0) is 0 Å². The van der Waals surface area contributed by atoms with Crippen molar-refractivity contribution in [3.63, 3.8) is 0 Å². The number of benzene rings is 4. The summed E-state index contributed by atoms with van der Waals surface area (Å²) in [6.45, 7) is 0. The predicted octanol–water partition coefficient (Wildman–Crippen LogP) is 10.2. The van der Waals surface area contributed by atoms with Gasteiger partial charge < -0.3 is 44.9 Å². The molecule has 0 spiro atoms. The molecule has 18 nitrogen and oxygen atoms in total. The quantitative estimate of drug-likeness (QED) is 0.0564. The van der Waals surface area contributed by atoms with Crippen LogP contribution in [0.1, 0.15) is 0 Å². The standard InChI is InChI=1S/C51H36N18/c1-2-53-43(52-1)34-22-31(23-35(44-54-3-4-55-44)40(34)49-64-13-14-65-49)28-19-29(32-24-36(45-56-5-6-57-45)41(50-66-15-16-67-50)37(25-32)46-58-7-8-59-46)21-30(20-28)33-26-38(47-60-9-10-61-47)42(51-68-17-18-69-51)39(27-33)48-62-11-12-63-48/h1-27H,(H,52,53)(H,54,55)(H,56,57)(H,58,59)(H,60,61)(H,62,63)(H,64,65)(H,66,67)(H,68,69). The fraction of sp³-hybridized carbons (Fsp3) is 0. The first-order chi connectivity index (χ1) is 34.2. The number of imidazole rings is 9. The third-order valence-corrected chi connectivity index (χ3v) is 12.1. The molecular formula is C51H36N18. The molecule has 0 fully saturated rings. The monoisotopic (exact) mass is 900 g/mol. The molecule has 0 bridgehead atoms. The Balaban J connectivity index is 1.12. The third kappa shape index (κ3) is 6.95. The lowest BCUT2D eigenvalue weighted by atomic mass is 9.86. The molecule has 0 radical (unpaired) electrons. The van der Waals surface area contributed by atoms with Crippen LogP contribution in [0.2, 0.25) is 0 Å². The smallest absolute Gasteiger partial charge is 0.138 e. The molecule has 0 amide bonds. The summed E-state index contributed by atoms with van der Waals surface area (Å²) in [7, 11) is 0. The van der Waals surface area contributed by atoms with Gasteiger partial charge >= 0.3 is 0 Å². The van der Waals surface area contributed by atoms with Gasteiger partial charge in [0.05, 0.1) is 0 Å². The molecular weight excluding hydrogens is 865 g/mol. The van der Waals surface area contributed by atoms with E-state index in [0.29, 0.717) is 52.4 Å². The van der Waals surface area contributed by atoms with Crippen LogP contribution in [0.4, 0.5) is 0 Å². The summed E-state index contributed by atoms with van der Waals surface area (Å²) in [5, 5.41) is 0. The maximum Gasteiger partial charge on any atom is 0.138 e. The van der Waals surface area contributed by atoms with E-state index in [9.17, 15) is 0 Å². The lowest BCUT2D eigenvalue weighted by Gasteiger charge is -2.19. The van der Waals surface area contributed by atoms with Gasteiger partial charge in [-0.15, -0.1) is 0 Å². The summed E-state index contributed by atoms with van der Waals surface area (Å²) < 4.78 is 0. The van der Waals surface area contributed by atoms with Crippen molar-refractivity contribution >= 4 is 0 Å². The third-order valence-electron chi connectivity index (χ3n) is 12.1. The maximum atomic E-state index is 4.76. The van der Waals surface area contributed by atoms with Crippen LogP contribution < -0.4 is 0 Å². The van der Waals surface area contributed by atoms with Gasteiger partial charge in [0.25, 0.3) is 0 Å². The second-order valence-electron chi connectivity index (χ2n) is 16.1. The van der Waals surface area contributed by atoms with Crippen LogP contribution in [0, 0.1) is 0 Å². The van der Waals surface area contributed by atoms with E-state index in [-0.39, 0.29) is 0 Å². The normalized spacial score (nSPS) is 11.5. The van der Waals surface area contributed by atoms with Gasteiger partial charge in [0.1, 0.15) is 52.4 Å². The van der Waals surface area contributed by atoms with Crippen LogP contribution in [-0.4, -0.2) is 89.7 Å². The second kappa shape index (κ2) is 16.3. The fourth-order valence-electron chi connectivity index (χ4n) is 9.12. The minimum atomic E-state index is 0.673. The minimum absolute atomic E-state index is 0.673. The number of hydrogen-bond acceptors (Lipinski definition) is 9. The lowest BCUT2D eigenvalue weighted by Crippen LogP contribution is -1.98. The topological polar surface area (TPSA) is 258 Å². The number of aromatic nitrogens is 18. The summed E-state index contributed by atoms with van der Waals surface area (Å²) in [6.07, 6.45) is 32.1. The Hall–Kier alpha value is -10.2. The molecule has 0 unspecified atom stereocenters. The number of aromatic amines is 9. The number of hydrogen-bond donors (Lipinski definition) is 9. The van der Waals surface area contributed by atoms with E-state index in [1.165, 1.54) is 0 Å². The molecule has 9 N–H and O–H groups in total. The van der Waals surface area contributed by atoms with E-state index in [2.05, 4.69) is 99.5 Å². The zero-order valence-electron chi connectivity index (χ0n) is 36.1. The van der Waals surface area contributed by atoms with E-state index in [4.69, 9.17) is 44.9 Å². The first-order valence-electron chi connectivity index (χ1n) is 21.9. The molecule has 0 aliphatic heterocycles. The Morgan fingerprint density at radius 3 is 0.507 bits per heavy atom. The van der Waals surface area contributed by atoms with E-state index in [1.54, 1.807) is 55.8 Å². The van der Waals surface area contributed by atoms with Gasteiger partial charge in [-0.1, -0.05) is 0 Å². The van der Waals surface area contributed by atoms with Crippen molar-refractivity contribution in [3.05, 3.63) is 166 Å². The van der Waals surface area contributed by atoms with E-state index in [1.807, 2.05) is 55.8 Å². The molecule has 0 aliphatic carbocycles. The minimum Gasteiger partial charge on any atom is -0.345 e. The van der Waals surface area contributed by atoms with Gasteiger partial charge in [-0.3, -0.25) is 0 Å². The predicted molar refractivity (Wildman–Crippen MR) is 261 cm³/mol. The highest BCUT2D eigenvalue weighted by Crippen LogP contribution is 2.46. The van der Waals surface area contributed by atoms with Crippen molar-refractivity contribution in [3.8, 4) is 136 Å². The van der Waals surface area contributed by atoms with Gasteiger partial charge in [-0.05, 0) is 88.0 Å². The molecule has 0 saturated heterocycles. The first kappa shape index (κ1) is 39.2.